The highest BCUT2D eigenvalue weighted by atomic mass is 16.6. The molecule has 0 aromatic carbocycles. The molecule has 2 rings (SSSR count). The summed E-state index contributed by atoms with van der Waals surface area (Å²) in [5.74, 6) is 0. The van der Waals surface area contributed by atoms with Crippen molar-refractivity contribution in [2.75, 3.05) is 13.1 Å². The van der Waals surface area contributed by atoms with Crippen molar-refractivity contribution in [3.05, 3.63) is 0 Å². The number of nitrogens with one attached hydrogen (secondary N) is 1. The Morgan fingerprint density at radius 3 is 2.11 bits per heavy atom. The number of ether oxygens (including phenoxy) is 1. The summed E-state index contributed by atoms with van der Waals surface area (Å²) in [6.45, 7) is 7.39. The summed E-state index contributed by atoms with van der Waals surface area (Å²) in [5, 5.41) is 3.75. The van der Waals surface area contributed by atoms with Crippen LogP contribution in [0.15, 0.2) is 0 Å². The van der Waals surface area contributed by atoms with Gasteiger partial charge in [0.2, 0.25) is 0 Å². The zero-order valence-electron chi connectivity index (χ0n) is 12.6. The molecule has 1 aliphatic heterocycles. The van der Waals surface area contributed by atoms with Crippen LogP contribution in [0.3, 0.4) is 0 Å². The van der Waals surface area contributed by atoms with E-state index in [0.29, 0.717) is 6.04 Å². The minimum atomic E-state index is -0.393. The maximum absolute atomic E-state index is 11.9. The van der Waals surface area contributed by atoms with Crippen LogP contribution in [0, 0.1) is 0 Å². The Hall–Kier alpha value is -0.770. The minimum Gasteiger partial charge on any atom is -0.444 e. The van der Waals surface area contributed by atoms with Crippen molar-refractivity contribution in [1.82, 2.24) is 10.2 Å². The van der Waals surface area contributed by atoms with E-state index in [-0.39, 0.29) is 6.09 Å². The molecule has 19 heavy (non-hydrogen) atoms. The molecule has 1 saturated carbocycles. The Morgan fingerprint density at radius 1 is 1.05 bits per heavy atom. The van der Waals surface area contributed by atoms with Gasteiger partial charge in [-0.05, 0) is 46.5 Å². The maximum atomic E-state index is 11.9. The van der Waals surface area contributed by atoms with Gasteiger partial charge in [0, 0.05) is 25.2 Å². The molecule has 2 fully saturated rings. The molecule has 0 bridgehead atoms. The lowest BCUT2D eigenvalue weighted by atomic mass is 10.0. The van der Waals surface area contributed by atoms with E-state index in [4.69, 9.17) is 4.74 Å². The lowest BCUT2D eigenvalue weighted by molar-refractivity contribution is 0.0196. The van der Waals surface area contributed by atoms with Crippen LogP contribution in [-0.2, 0) is 4.74 Å². The summed E-state index contributed by atoms with van der Waals surface area (Å²) >= 11 is 0. The molecule has 1 heterocycles. The maximum Gasteiger partial charge on any atom is 0.410 e. The SMILES string of the molecule is CC(C)(C)OC(=O)N1CCC(NC2CCCC2)CC1. The van der Waals surface area contributed by atoms with Gasteiger partial charge in [-0.15, -0.1) is 0 Å². The summed E-state index contributed by atoms with van der Waals surface area (Å²) in [7, 11) is 0. The molecule has 1 aliphatic carbocycles. The van der Waals surface area contributed by atoms with E-state index in [0.717, 1.165) is 32.0 Å². The van der Waals surface area contributed by atoms with Gasteiger partial charge in [-0.2, -0.15) is 0 Å². The van der Waals surface area contributed by atoms with E-state index in [2.05, 4.69) is 5.32 Å². The molecule has 110 valence electrons. The van der Waals surface area contributed by atoms with Crippen LogP contribution in [-0.4, -0.2) is 41.8 Å². The third-order valence-electron chi connectivity index (χ3n) is 3.97. The van der Waals surface area contributed by atoms with Crippen molar-refractivity contribution in [2.45, 2.75) is 77.0 Å². The van der Waals surface area contributed by atoms with Crippen molar-refractivity contribution in [1.29, 1.82) is 0 Å². The Balaban J connectivity index is 1.71. The Bertz CT molecular complexity index is 298. The monoisotopic (exact) mass is 268 g/mol. The zero-order chi connectivity index (χ0) is 13.9. The first-order valence-electron chi connectivity index (χ1n) is 7.68. The highest BCUT2D eigenvalue weighted by Crippen LogP contribution is 2.21. The summed E-state index contributed by atoms with van der Waals surface area (Å²) < 4.78 is 5.41. The fraction of sp³-hybridized carbons (Fsp3) is 0.933. The van der Waals surface area contributed by atoms with Gasteiger partial charge in [0.1, 0.15) is 5.60 Å². The number of nitrogens with zero attached hydrogens (tertiary/aromatic N) is 1. The molecular formula is C15H28N2O2. The second-order valence-electron chi connectivity index (χ2n) is 6.89. The van der Waals surface area contributed by atoms with Crippen LogP contribution < -0.4 is 5.32 Å². The molecule has 0 unspecified atom stereocenters. The molecule has 4 nitrogen and oxygen atoms in total. The van der Waals surface area contributed by atoms with Gasteiger partial charge in [0.15, 0.2) is 0 Å². The molecular weight excluding hydrogens is 240 g/mol. The third-order valence-corrected chi connectivity index (χ3v) is 3.97. The predicted octanol–water partition coefficient (Wildman–Crippen LogP) is 2.92. The Kier molecular flexibility index (Phi) is 4.71. The van der Waals surface area contributed by atoms with Crippen molar-refractivity contribution in [3.8, 4) is 0 Å². The van der Waals surface area contributed by atoms with E-state index < -0.39 is 5.60 Å². The lowest BCUT2D eigenvalue weighted by Gasteiger charge is -2.34. The van der Waals surface area contributed by atoms with E-state index >= 15 is 0 Å². The van der Waals surface area contributed by atoms with E-state index in [1.807, 2.05) is 25.7 Å². The van der Waals surface area contributed by atoms with Crippen molar-refractivity contribution >= 4 is 6.09 Å². The summed E-state index contributed by atoms with van der Waals surface area (Å²) in [6, 6.07) is 1.31. The van der Waals surface area contributed by atoms with Gasteiger partial charge < -0.3 is 15.0 Å². The van der Waals surface area contributed by atoms with Crippen molar-refractivity contribution < 1.29 is 9.53 Å². The lowest BCUT2D eigenvalue weighted by Crippen LogP contribution is -2.48. The second-order valence-corrected chi connectivity index (χ2v) is 6.89. The number of likely N-dealkylation sites (tertiary alicyclic amines) is 1. The van der Waals surface area contributed by atoms with Gasteiger partial charge in [-0.1, -0.05) is 12.8 Å². The summed E-state index contributed by atoms with van der Waals surface area (Å²) in [5.41, 5.74) is -0.393. The van der Waals surface area contributed by atoms with E-state index in [1.54, 1.807) is 0 Å². The Morgan fingerprint density at radius 2 is 1.58 bits per heavy atom. The number of rotatable bonds is 2. The first-order valence-corrected chi connectivity index (χ1v) is 7.68. The third kappa shape index (κ3) is 4.68. The predicted molar refractivity (Wildman–Crippen MR) is 76.2 cm³/mol. The quantitative estimate of drug-likeness (QED) is 0.837. The van der Waals surface area contributed by atoms with Crippen LogP contribution in [0.25, 0.3) is 0 Å². The highest BCUT2D eigenvalue weighted by molar-refractivity contribution is 5.68. The number of amides is 1. The number of hydrogen-bond acceptors (Lipinski definition) is 3. The molecule has 1 amide bonds. The first-order chi connectivity index (χ1) is 8.94. The van der Waals surface area contributed by atoms with Gasteiger partial charge in [0.05, 0.1) is 0 Å². The Labute approximate surface area is 116 Å². The standard InChI is InChI=1S/C15H28N2O2/c1-15(2,3)19-14(18)17-10-8-13(9-11-17)16-12-6-4-5-7-12/h12-13,16H,4-11H2,1-3H3. The van der Waals surface area contributed by atoms with Gasteiger partial charge in [-0.3, -0.25) is 0 Å². The second kappa shape index (κ2) is 6.12. The zero-order valence-corrected chi connectivity index (χ0v) is 12.6. The number of piperidine rings is 1. The van der Waals surface area contributed by atoms with E-state index in [9.17, 15) is 4.79 Å². The molecule has 2 aliphatic rings. The molecule has 4 heteroatoms. The number of carbonyl (C=O) groups is 1. The normalized spacial score (nSPS) is 22.8. The largest absolute Gasteiger partial charge is 0.444 e. The molecule has 0 spiro atoms. The van der Waals surface area contributed by atoms with Crippen LogP contribution >= 0.6 is 0 Å². The topological polar surface area (TPSA) is 41.6 Å². The van der Waals surface area contributed by atoms with Gasteiger partial charge >= 0.3 is 6.09 Å². The highest BCUT2D eigenvalue weighted by Gasteiger charge is 2.28. The van der Waals surface area contributed by atoms with Crippen molar-refractivity contribution in [2.24, 2.45) is 0 Å². The van der Waals surface area contributed by atoms with Crippen LogP contribution in [0.5, 0.6) is 0 Å². The number of carbonyl (C=O) groups excluding carboxylic acids is 1. The van der Waals surface area contributed by atoms with Gasteiger partial charge in [0.25, 0.3) is 0 Å². The smallest absolute Gasteiger partial charge is 0.410 e. The molecule has 1 N–H and O–H groups in total. The van der Waals surface area contributed by atoms with Crippen LogP contribution in [0.2, 0.25) is 0 Å². The van der Waals surface area contributed by atoms with Crippen LogP contribution in [0.4, 0.5) is 4.79 Å². The fourth-order valence-electron chi connectivity index (χ4n) is 2.98. The summed E-state index contributed by atoms with van der Waals surface area (Å²) in [6.07, 6.45) is 7.33. The first kappa shape index (κ1) is 14.6. The average molecular weight is 268 g/mol. The number of hydrogen-bond donors (Lipinski definition) is 1. The molecule has 0 aromatic rings. The molecule has 1 saturated heterocycles. The fourth-order valence-corrected chi connectivity index (χ4v) is 2.98. The van der Waals surface area contributed by atoms with Crippen molar-refractivity contribution in [3.63, 3.8) is 0 Å². The molecule has 0 atom stereocenters. The van der Waals surface area contributed by atoms with Gasteiger partial charge in [-0.25, -0.2) is 4.79 Å². The molecule has 0 aromatic heterocycles. The minimum absolute atomic E-state index is 0.160. The average Bonchev–Trinajstić information content (AvgIpc) is 2.80. The summed E-state index contributed by atoms with van der Waals surface area (Å²) in [4.78, 5) is 13.8. The van der Waals surface area contributed by atoms with E-state index in [1.165, 1.54) is 25.7 Å². The van der Waals surface area contributed by atoms with Crippen LogP contribution in [0.1, 0.15) is 59.3 Å². The molecule has 0 radical (unpaired) electrons.